The van der Waals surface area contributed by atoms with Crippen molar-refractivity contribution in [1.82, 2.24) is 10.6 Å². The van der Waals surface area contributed by atoms with Gasteiger partial charge in [-0.2, -0.15) is 0 Å². The molecule has 4 rings (SSSR count). The van der Waals surface area contributed by atoms with Crippen LogP contribution >= 0.6 is 11.6 Å². The maximum absolute atomic E-state index is 14.0. The number of carbonyl (C=O) groups excluding carboxylic acids is 4. The topological polar surface area (TPSA) is 111 Å². The van der Waals surface area contributed by atoms with Crippen molar-refractivity contribution in [1.29, 1.82) is 0 Å². The molecule has 1 unspecified atom stereocenters. The Labute approximate surface area is 300 Å². The molecular weight excluding hydrogens is 652 g/mol. The average molecular weight is 699 g/mol. The molecule has 5 atom stereocenters. The largest absolute Gasteiger partial charge is 0.495 e. The molecule has 8 nitrogen and oxygen atoms in total. The minimum Gasteiger partial charge on any atom is -0.495 e. The summed E-state index contributed by atoms with van der Waals surface area (Å²) in [7, 11) is 1.53. The van der Waals surface area contributed by atoms with Gasteiger partial charge in [-0.05, 0) is 53.7 Å². The number of esters is 1. The molecule has 2 N–H and O–H groups in total. The van der Waals surface area contributed by atoms with Gasteiger partial charge in [0.05, 0.1) is 24.6 Å². The summed E-state index contributed by atoms with van der Waals surface area (Å²) in [5.74, 6) is -1.95. The summed E-state index contributed by atoms with van der Waals surface area (Å²) in [6.07, 6.45) is 7.17. The number of nitrogens with one attached hydrogen (secondary N) is 2. The normalized spacial score (nSPS) is 22.4. The van der Waals surface area contributed by atoms with Crippen LogP contribution in [0.25, 0.3) is 6.08 Å². The van der Waals surface area contributed by atoms with Crippen LogP contribution in [0.15, 0.2) is 97.1 Å². The minimum atomic E-state index is -0.895. The van der Waals surface area contributed by atoms with Crippen molar-refractivity contribution in [2.24, 2.45) is 17.8 Å². The van der Waals surface area contributed by atoms with E-state index in [9.17, 15) is 19.2 Å². The summed E-state index contributed by atoms with van der Waals surface area (Å²) in [5, 5.41) is 6.34. The third kappa shape index (κ3) is 11.7. The molecule has 0 fully saturated rings. The van der Waals surface area contributed by atoms with E-state index in [1.54, 1.807) is 18.2 Å². The summed E-state index contributed by atoms with van der Waals surface area (Å²) in [6.45, 7) is 5.89. The molecule has 0 saturated carbocycles. The summed E-state index contributed by atoms with van der Waals surface area (Å²) in [6, 6.07) is 22.6. The van der Waals surface area contributed by atoms with Crippen molar-refractivity contribution in [3.05, 3.63) is 119 Å². The number of carbonyl (C=O) groups is 4. The maximum Gasteiger partial charge on any atom is 0.328 e. The molecule has 264 valence electrons. The van der Waals surface area contributed by atoms with Crippen LogP contribution in [-0.4, -0.2) is 42.8 Å². The number of cyclic esters (lactones) is 1. The Hall–Kier alpha value is -4.69. The van der Waals surface area contributed by atoms with Crippen molar-refractivity contribution in [2.75, 3.05) is 7.11 Å². The number of rotatable bonds is 9. The number of hydrogen-bond donors (Lipinski definition) is 2. The van der Waals surface area contributed by atoms with Crippen LogP contribution in [0.4, 0.5) is 0 Å². The summed E-state index contributed by atoms with van der Waals surface area (Å²) in [4.78, 5) is 54.7. The molecule has 0 aromatic heterocycles. The van der Waals surface area contributed by atoms with Crippen LogP contribution in [0.2, 0.25) is 5.02 Å². The van der Waals surface area contributed by atoms with E-state index >= 15 is 0 Å². The van der Waals surface area contributed by atoms with Gasteiger partial charge in [0.25, 0.3) is 0 Å². The van der Waals surface area contributed by atoms with Gasteiger partial charge in [0, 0.05) is 24.7 Å². The monoisotopic (exact) mass is 698 g/mol. The first kappa shape index (κ1) is 38.1. The van der Waals surface area contributed by atoms with Gasteiger partial charge in [0.15, 0.2) is 5.78 Å². The van der Waals surface area contributed by atoms with Gasteiger partial charge in [-0.3, -0.25) is 14.4 Å². The Kier molecular flexibility index (Phi) is 14.4. The van der Waals surface area contributed by atoms with Crippen LogP contribution in [0, 0.1) is 17.8 Å². The molecular formula is C41H47ClN2O6. The third-order valence-electron chi connectivity index (χ3n) is 8.67. The first-order valence-corrected chi connectivity index (χ1v) is 17.5. The fourth-order valence-corrected chi connectivity index (χ4v) is 6.21. The molecule has 0 saturated heterocycles. The molecule has 0 spiro atoms. The molecule has 9 heteroatoms. The average Bonchev–Trinajstić information content (AvgIpc) is 3.09. The molecule has 1 aliphatic heterocycles. The number of amides is 2. The fourth-order valence-electron chi connectivity index (χ4n) is 5.93. The smallest absolute Gasteiger partial charge is 0.328 e. The van der Waals surface area contributed by atoms with Gasteiger partial charge in [0.2, 0.25) is 11.8 Å². The van der Waals surface area contributed by atoms with Gasteiger partial charge >= 0.3 is 5.97 Å². The second-order valence-corrected chi connectivity index (χ2v) is 13.6. The van der Waals surface area contributed by atoms with Gasteiger partial charge in [-0.15, -0.1) is 0 Å². The molecule has 3 aromatic carbocycles. The lowest BCUT2D eigenvalue weighted by Crippen LogP contribution is -2.46. The van der Waals surface area contributed by atoms with E-state index in [1.165, 1.54) is 13.2 Å². The van der Waals surface area contributed by atoms with Gasteiger partial charge < -0.3 is 20.1 Å². The summed E-state index contributed by atoms with van der Waals surface area (Å²) >= 11 is 6.40. The Bertz CT molecular complexity index is 1660. The fraction of sp³-hybridized carbons (Fsp3) is 0.366. The standard InChI is InChI=1S/C41H47ClN2O6/c1-27(2)22-36-41(48)50-37(28(3)18-19-29-12-7-5-8-13-29)17-11-16-33(45)25-32(23-30-20-21-38(49-4)34(42)24-30)40(47)44-35(26-39(46)43-36)31-14-9-6-10-15-31/h5-16,18-21,24,27-28,32,35-37H,17,22-23,25-26H2,1-4H3,(H,43,46)(H,44,47)/b16-11+,19-18+/t28-,32+,35?,36+,37+/m1/s1. The zero-order chi connectivity index (χ0) is 36.0. The minimum absolute atomic E-state index is 0.0793. The number of methoxy groups -OCH3 is 1. The third-order valence-corrected chi connectivity index (χ3v) is 8.96. The highest BCUT2D eigenvalue weighted by Crippen LogP contribution is 2.28. The molecule has 0 aliphatic carbocycles. The van der Waals surface area contributed by atoms with Crippen LogP contribution in [0.5, 0.6) is 5.75 Å². The van der Waals surface area contributed by atoms with Crippen LogP contribution in [0.3, 0.4) is 0 Å². The zero-order valence-electron chi connectivity index (χ0n) is 29.1. The Morgan fingerprint density at radius 1 is 0.920 bits per heavy atom. The molecule has 0 radical (unpaired) electrons. The maximum atomic E-state index is 14.0. The molecule has 2 amide bonds. The van der Waals surface area contributed by atoms with E-state index in [1.807, 2.05) is 99.7 Å². The number of ether oxygens (including phenoxy) is 2. The van der Waals surface area contributed by atoms with Crippen molar-refractivity contribution < 1.29 is 28.7 Å². The van der Waals surface area contributed by atoms with E-state index in [4.69, 9.17) is 21.1 Å². The lowest BCUT2D eigenvalue weighted by molar-refractivity contribution is -0.155. The van der Waals surface area contributed by atoms with Gasteiger partial charge in [-0.1, -0.05) is 117 Å². The quantitative estimate of drug-likeness (QED) is 0.225. The number of hydrogen-bond acceptors (Lipinski definition) is 6. The molecule has 0 bridgehead atoms. The first-order valence-electron chi connectivity index (χ1n) is 17.1. The van der Waals surface area contributed by atoms with Crippen LogP contribution < -0.4 is 15.4 Å². The summed E-state index contributed by atoms with van der Waals surface area (Å²) in [5.41, 5.74) is 2.49. The first-order chi connectivity index (χ1) is 24.0. The Balaban J connectivity index is 1.68. The number of benzene rings is 3. The lowest BCUT2D eigenvalue weighted by Gasteiger charge is -2.27. The second kappa shape index (κ2) is 18.9. The SMILES string of the molecule is COc1ccc(C[C@H]2CC(=O)/C=C/C[C@@H]([C@H](C)/C=C/c3ccccc3)OC(=O)[C@H](CC(C)C)NC(=O)CC(c3ccccc3)NC2=O)cc1Cl. The molecule has 50 heavy (non-hydrogen) atoms. The molecule has 1 aliphatic rings. The van der Waals surface area contributed by atoms with Crippen molar-refractivity contribution in [3.8, 4) is 5.75 Å². The van der Waals surface area contributed by atoms with Gasteiger partial charge in [0.1, 0.15) is 17.9 Å². The predicted molar refractivity (Wildman–Crippen MR) is 196 cm³/mol. The van der Waals surface area contributed by atoms with Crippen molar-refractivity contribution in [2.45, 2.75) is 71.1 Å². The van der Waals surface area contributed by atoms with E-state index in [2.05, 4.69) is 10.6 Å². The lowest BCUT2D eigenvalue weighted by atomic mass is 9.91. The van der Waals surface area contributed by atoms with E-state index in [0.29, 0.717) is 17.2 Å². The van der Waals surface area contributed by atoms with Gasteiger partial charge in [-0.25, -0.2) is 4.79 Å². The summed E-state index contributed by atoms with van der Waals surface area (Å²) < 4.78 is 11.4. The number of halogens is 1. The second-order valence-electron chi connectivity index (χ2n) is 13.2. The highest BCUT2D eigenvalue weighted by atomic mass is 35.5. The van der Waals surface area contributed by atoms with Crippen molar-refractivity contribution >= 4 is 41.2 Å². The predicted octanol–water partition coefficient (Wildman–Crippen LogP) is 7.47. The van der Waals surface area contributed by atoms with E-state index in [-0.39, 0.29) is 49.2 Å². The highest BCUT2D eigenvalue weighted by molar-refractivity contribution is 6.32. The molecule has 3 aromatic rings. The van der Waals surface area contributed by atoms with Crippen LogP contribution in [-0.2, 0) is 30.3 Å². The van der Waals surface area contributed by atoms with Crippen LogP contribution in [0.1, 0.15) is 69.2 Å². The number of allylic oxidation sites excluding steroid dienone is 1. The van der Waals surface area contributed by atoms with Crippen molar-refractivity contribution in [3.63, 3.8) is 0 Å². The Morgan fingerprint density at radius 2 is 1.62 bits per heavy atom. The molecule has 1 heterocycles. The highest BCUT2D eigenvalue weighted by Gasteiger charge is 2.31. The van der Waals surface area contributed by atoms with E-state index in [0.717, 1.165) is 16.7 Å². The zero-order valence-corrected chi connectivity index (χ0v) is 29.9. The number of ketones is 1. The van der Waals surface area contributed by atoms with E-state index < -0.39 is 36.0 Å². The Morgan fingerprint density at radius 3 is 2.28 bits per heavy atom.